The highest BCUT2D eigenvalue weighted by molar-refractivity contribution is 6.06. The first-order valence-corrected chi connectivity index (χ1v) is 14.8. The van der Waals surface area contributed by atoms with Gasteiger partial charge >= 0.3 is 5.97 Å². The lowest BCUT2D eigenvalue weighted by Crippen LogP contribution is -2.57. The molecule has 1 atom stereocenters. The fourth-order valence-corrected chi connectivity index (χ4v) is 6.34. The number of aromatic carboxylic acids is 1. The number of fused-ring (bicyclic) bond motifs is 2. The lowest BCUT2D eigenvalue weighted by molar-refractivity contribution is -0.122. The first-order chi connectivity index (χ1) is 21.4. The van der Waals surface area contributed by atoms with E-state index in [0.29, 0.717) is 46.7 Å². The molecule has 7 rings (SSSR count). The van der Waals surface area contributed by atoms with E-state index in [9.17, 15) is 19.5 Å². The molecule has 0 spiro atoms. The van der Waals surface area contributed by atoms with Gasteiger partial charge in [0.25, 0.3) is 11.8 Å². The molecule has 2 amide bonds. The van der Waals surface area contributed by atoms with Crippen molar-refractivity contribution in [2.45, 2.75) is 50.0 Å². The van der Waals surface area contributed by atoms with E-state index < -0.39 is 23.3 Å². The van der Waals surface area contributed by atoms with Gasteiger partial charge in [-0.1, -0.05) is 31.4 Å². The number of amides is 2. The maximum absolute atomic E-state index is 13.6. The van der Waals surface area contributed by atoms with E-state index in [-0.39, 0.29) is 12.4 Å². The highest BCUT2D eigenvalue weighted by atomic mass is 16.5. The topological polar surface area (TPSA) is 149 Å². The Balaban J connectivity index is 1.16. The van der Waals surface area contributed by atoms with Crippen LogP contribution in [0.2, 0.25) is 0 Å². The van der Waals surface area contributed by atoms with E-state index >= 15 is 0 Å². The number of carboxylic acid groups (broad SMARTS) is 1. The molecule has 2 aliphatic rings. The Bertz CT molecular complexity index is 1880. The molecule has 11 heteroatoms. The fraction of sp³-hybridized carbons (Fsp3) is 0.303. The Morgan fingerprint density at radius 2 is 1.86 bits per heavy atom. The first-order valence-electron chi connectivity index (χ1n) is 14.8. The van der Waals surface area contributed by atoms with Crippen LogP contribution in [0.1, 0.15) is 71.0 Å². The minimum absolute atomic E-state index is 0.0179. The van der Waals surface area contributed by atoms with Crippen LogP contribution >= 0.6 is 0 Å². The van der Waals surface area contributed by atoms with Crippen molar-refractivity contribution in [3.8, 4) is 5.82 Å². The summed E-state index contributed by atoms with van der Waals surface area (Å²) in [6.45, 7) is 0.332. The van der Waals surface area contributed by atoms with E-state index in [1.165, 1.54) is 25.3 Å². The summed E-state index contributed by atoms with van der Waals surface area (Å²) in [5.74, 6) is -1.11. The van der Waals surface area contributed by atoms with Crippen molar-refractivity contribution in [1.82, 2.24) is 20.1 Å². The summed E-state index contributed by atoms with van der Waals surface area (Å²) >= 11 is 0. The molecule has 0 radical (unpaired) electrons. The largest absolute Gasteiger partial charge is 0.475 e. The van der Waals surface area contributed by atoms with Gasteiger partial charge in [0.05, 0.1) is 17.8 Å². The third kappa shape index (κ3) is 5.09. The second-order valence-electron chi connectivity index (χ2n) is 11.5. The van der Waals surface area contributed by atoms with Gasteiger partial charge in [-0.3, -0.25) is 9.59 Å². The Kier molecular flexibility index (Phi) is 7.09. The summed E-state index contributed by atoms with van der Waals surface area (Å²) in [7, 11) is 0. The molecule has 2 fully saturated rings. The number of furan rings is 1. The number of aromatic nitrogens is 3. The van der Waals surface area contributed by atoms with E-state index in [0.717, 1.165) is 29.7 Å². The monoisotopic (exact) mass is 593 g/mol. The molecule has 3 N–H and O–H groups in total. The van der Waals surface area contributed by atoms with Crippen LogP contribution in [-0.4, -0.2) is 56.4 Å². The minimum Gasteiger partial charge on any atom is -0.475 e. The van der Waals surface area contributed by atoms with Crippen LogP contribution in [0.3, 0.4) is 0 Å². The molecule has 1 aliphatic carbocycles. The maximum atomic E-state index is 13.6. The van der Waals surface area contributed by atoms with E-state index in [2.05, 4.69) is 15.6 Å². The number of anilines is 1. The van der Waals surface area contributed by atoms with Gasteiger partial charge in [0.15, 0.2) is 5.82 Å². The fourth-order valence-electron chi connectivity index (χ4n) is 6.34. The van der Waals surface area contributed by atoms with Gasteiger partial charge in [-0.2, -0.15) is 5.10 Å². The second kappa shape index (κ2) is 11.2. The predicted octanol–water partition coefficient (Wildman–Crippen LogP) is 5.44. The number of ether oxygens (including phenoxy) is 1. The van der Waals surface area contributed by atoms with Crippen LogP contribution in [0, 0.1) is 0 Å². The third-order valence-corrected chi connectivity index (χ3v) is 8.62. The number of benzene rings is 2. The highest BCUT2D eigenvalue weighted by Gasteiger charge is 2.44. The summed E-state index contributed by atoms with van der Waals surface area (Å²) in [5.41, 5.74) is 1.75. The van der Waals surface area contributed by atoms with Gasteiger partial charge in [0, 0.05) is 47.2 Å². The van der Waals surface area contributed by atoms with Crippen LogP contribution in [0.15, 0.2) is 71.3 Å². The van der Waals surface area contributed by atoms with Gasteiger partial charge in [-0.15, -0.1) is 0 Å². The molecule has 44 heavy (non-hydrogen) atoms. The Morgan fingerprint density at radius 3 is 2.61 bits per heavy atom. The van der Waals surface area contributed by atoms with Crippen LogP contribution in [0.25, 0.3) is 27.7 Å². The molecule has 0 unspecified atom stereocenters. The number of nitrogens with zero attached hydrogens (tertiary/aromatic N) is 3. The van der Waals surface area contributed by atoms with Crippen LogP contribution in [0.4, 0.5) is 5.69 Å². The number of carboxylic acids is 1. The average Bonchev–Trinajstić information content (AvgIpc) is 3.79. The molecule has 1 saturated carbocycles. The van der Waals surface area contributed by atoms with Gasteiger partial charge in [0.1, 0.15) is 11.1 Å². The highest BCUT2D eigenvalue weighted by Crippen LogP contribution is 2.38. The molecule has 2 aromatic carbocycles. The van der Waals surface area contributed by atoms with Gasteiger partial charge in [-0.25, -0.2) is 14.5 Å². The maximum Gasteiger partial charge on any atom is 0.371 e. The molecular weight excluding hydrogens is 562 g/mol. The zero-order valence-electron chi connectivity index (χ0n) is 23.9. The second-order valence-corrected chi connectivity index (χ2v) is 11.5. The lowest BCUT2D eigenvalue weighted by atomic mass is 9.85. The Labute approximate surface area is 252 Å². The molecule has 11 nitrogen and oxygen atoms in total. The smallest absolute Gasteiger partial charge is 0.371 e. The van der Waals surface area contributed by atoms with Gasteiger partial charge < -0.3 is 24.9 Å². The van der Waals surface area contributed by atoms with Crippen molar-refractivity contribution in [2.24, 2.45) is 0 Å². The average molecular weight is 594 g/mol. The molecule has 3 aromatic heterocycles. The summed E-state index contributed by atoms with van der Waals surface area (Å²) < 4.78 is 12.8. The lowest BCUT2D eigenvalue weighted by Gasteiger charge is -2.27. The number of rotatable bonds is 7. The molecular formula is C33H31N5O6. The van der Waals surface area contributed by atoms with Crippen molar-refractivity contribution in [3.05, 3.63) is 83.9 Å². The van der Waals surface area contributed by atoms with Crippen molar-refractivity contribution < 1.29 is 28.6 Å². The number of carbonyl (C=O) groups excluding carboxylic acids is 2. The summed E-state index contributed by atoms with van der Waals surface area (Å²) in [5, 5.41) is 21.5. The number of hydrogen-bond donors (Lipinski definition) is 3. The van der Waals surface area contributed by atoms with Gasteiger partial charge in [0.2, 0.25) is 5.76 Å². The zero-order valence-corrected chi connectivity index (χ0v) is 23.9. The molecule has 5 aromatic rings. The molecule has 1 saturated heterocycles. The molecule has 224 valence electrons. The third-order valence-electron chi connectivity index (χ3n) is 8.62. The molecule has 0 bridgehead atoms. The Morgan fingerprint density at radius 1 is 1.00 bits per heavy atom. The van der Waals surface area contributed by atoms with E-state index in [1.807, 2.05) is 28.9 Å². The first kappa shape index (κ1) is 27.8. The molecule has 4 heterocycles. The minimum atomic E-state index is -1.29. The predicted molar refractivity (Wildman–Crippen MR) is 162 cm³/mol. The van der Waals surface area contributed by atoms with E-state index in [4.69, 9.17) is 14.3 Å². The standard InChI is InChI=1S/C33H31N5O6/c39-30(36-33(13-15-43-19-33)32(42)35-23-10-12-26-22(16-23)18-27(44-26)31(40)41)21-9-11-24-25(17-21)37-38(28-8-4-5-14-34-28)29(24)20-6-2-1-3-7-20/h4-5,8-12,14,16-18,20H,1-3,6-7,13,15,19H2,(H,35,42)(H,36,39)(H,40,41)/t33-/m1/s1. The van der Waals surface area contributed by atoms with Crippen LogP contribution in [0.5, 0.6) is 0 Å². The number of pyridine rings is 1. The van der Waals surface area contributed by atoms with Crippen molar-refractivity contribution >= 4 is 45.3 Å². The zero-order chi connectivity index (χ0) is 30.3. The summed E-state index contributed by atoms with van der Waals surface area (Å²) in [6, 6.07) is 17.5. The number of nitrogens with one attached hydrogen (secondary N) is 2. The molecule has 1 aliphatic heterocycles. The van der Waals surface area contributed by atoms with Crippen molar-refractivity contribution in [1.29, 1.82) is 0 Å². The van der Waals surface area contributed by atoms with Crippen molar-refractivity contribution in [2.75, 3.05) is 18.5 Å². The van der Waals surface area contributed by atoms with E-state index in [1.54, 1.807) is 36.5 Å². The van der Waals surface area contributed by atoms with Crippen LogP contribution < -0.4 is 10.6 Å². The number of hydrogen-bond acceptors (Lipinski definition) is 7. The Hall–Kier alpha value is -5.03. The number of carbonyl (C=O) groups is 3. The van der Waals surface area contributed by atoms with Crippen molar-refractivity contribution in [3.63, 3.8) is 0 Å². The summed E-state index contributed by atoms with van der Waals surface area (Å²) in [6.07, 6.45) is 7.80. The van der Waals surface area contributed by atoms with Crippen LogP contribution in [-0.2, 0) is 9.53 Å². The normalized spacial score (nSPS) is 18.9. The quantitative estimate of drug-likeness (QED) is 0.226. The SMILES string of the molecule is O=C(N[C@]1(C(=O)Nc2ccc3oc(C(=O)O)cc3c2)CCOC1)c1ccc2c(C3CCCCC3)n(-c3ccccn3)nc2c1. The summed E-state index contributed by atoms with van der Waals surface area (Å²) in [4.78, 5) is 43.1. The van der Waals surface area contributed by atoms with Gasteiger partial charge in [-0.05, 0) is 61.4 Å².